The van der Waals surface area contributed by atoms with Gasteiger partial charge in [-0.15, -0.1) is 0 Å². The zero-order chi connectivity index (χ0) is 31.7. The molecule has 0 amide bonds. The van der Waals surface area contributed by atoms with Gasteiger partial charge in [0, 0.05) is 66.2 Å². The lowest BCUT2D eigenvalue weighted by Gasteiger charge is -2.40. The number of morpholine rings is 1. The van der Waals surface area contributed by atoms with E-state index >= 15 is 4.39 Å². The molecule has 2 aromatic heterocycles. The summed E-state index contributed by atoms with van der Waals surface area (Å²) in [6, 6.07) is 2.66. The molecule has 4 aliphatic rings. The molecule has 45 heavy (non-hydrogen) atoms. The summed E-state index contributed by atoms with van der Waals surface area (Å²) in [7, 11) is 0. The van der Waals surface area contributed by atoms with E-state index in [4.69, 9.17) is 31.8 Å². The number of aromatic nitrogens is 3. The van der Waals surface area contributed by atoms with Crippen molar-refractivity contribution >= 4 is 34.1 Å². The van der Waals surface area contributed by atoms with Crippen LogP contribution in [0.3, 0.4) is 0 Å². The van der Waals surface area contributed by atoms with Crippen LogP contribution in [0.25, 0.3) is 22.0 Å². The second-order valence-corrected chi connectivity index (χ2v) is 13.7. The van der Waals surface area contributed by atoms with Crippen molar-refractivity contribution in [2.75, 3.05) is 63.2 Å². The summed E-state index contributed by atoms with van der Waals surface area (Å²) in [6.45, 7) is 8.86. The number of alkyl halides is 3. The predicted molar refractivity (Wildman–Crippen MR) is 163 cm³/mol. The monoisotopic (exact) mass is 649 g/mol. The van der Waals surface area contributed by atoms with Crippen LogP contribution in [0.1, 0.15) is 43.9 Å². The molecule has 0 radical (unpaired) electrons. The number of rotatable bonds is 7. The van der Waals surface area contributed by atoms with Gasteiger partial charge in [-0.2, -0.15) is 23.1 Å². The van der Waals surface area contributed by atoms with Crippen molar-refractivity contribution in [3.05, 3.63) is 34.2 Å². The average Bonchev–Trinajstić information content (AvgIpc) is 3.67. The zero-order valence-corrected chi connectivity index (χ0v) is 26.0. The maximum absolute atomic E-state index is 16.7. The van der Waals surface area contributed by atoms with Crippen LogP contribution in [0.5, 0.6) is 6.01 Å². The van der Waals surface area contributed by atoms with E-state index < -0.39 is 28.7 Å². The summed E-state index contributed by atoms with van der Waals surface area (Å²) in [5, 5.41) is 3.75. The summed E-state index contributed by atoms with van der Waals surface area (Å²) >= 11 is 6.64. The summed E-state index contributed by atoms with van der Waals surface area (Å²) < 4.78 is 71.2. The van der Waals surface area contributed by atoms with Crippen molar-refractivity contribution < 1.29 is 27.0 Å². The second kappa shape index (κ2) is 11.1. The SMILES string of the molecule is Cc1nc(N)cc(-c2c(Cl)cc3c(N4C[C@H]5CC[C@@](C)(C4)N5)nc(OCC4(CN5CCOCC5)CC4)nc3c2F)c1C(F)(F)F. The number of aryl methyl sites for hydroxylation is 1. The molecule has 0 spiro atoms. The molecule has 1 aliphatic carbocycles. The van der Waals surface area contributed by atoms with Crippen LogP contribution in [0, 0.1) is 18.2 Å². The van der Waals surface area contributed by atoms with E-state index in [9.17, 15) is 13.2 Å². The van der Waals surface area contributed by atoms with Gasteiger partial charge >= 0.3 is 12.2 Å². The number of hydrogen-bond donors (Lipinski definition) is 2. The fourth-order valence-corrected chi connectivity index (χ4v) is 7.54. The number of nitrogens with one attached hydrogen (secondary N) is 1. The second-order valence-electron chi connectivity index (χ2n) is 13.3. The molecule has 3 aromatic rings. The van der Waals surface area contributed by atoms with Gasteiger partial charge in [-0.3, -0.25) is 4.90 Å². The highest BCUT2D eigenvalue weighted by atomic mass is 35.5. The largest absolute Gasteiger partial charge is 0.463 e. The van der Waals surface area contributed by atoms with E-state index in [-0.39, 0.29) is 45.1 Å². The number of nitrogens with two attached hydrogens (primary N) is 1. The van der Waals surface area contributed by atoms with E-state index in [0.29, 0.717) is 44.1 Å². The van der Waals surface area contributed by atoms with E-state index in [1.54, 1.807) is 0 Å². The van der Waals surface area contributed by atoms with Gasteiger partial charge in [-0.25, -0.2) is 9.37 Å². The third-order valence-electron chi connectivity index (χ3n) is 9.62. The molecular weight excluding hydrogens is 614 g/mol. The Morgan fingerprint density at radius 3 is 2.60 bits per heavy atom. The number of pyridine rings is 1. The number of piperazine rings is 1. The molecule has 5 heterocycles. The van der Waals surface area contributed by atoms with Crippen LogP contribution in [0.4, 0.5) is 29.2 Å². The van der Waals surface area contributed by atoms with Gasteiger partial charge < -0.3 is 25.4 Å². The van der Waals surface area contributed by atoms with E-state index in [1.165, 1.54) is 13.0 Å². The zero-order valence-electron chi connectivity index (χ0n) is 25.2. The molecule has 242 valence electrons. The highest BCUT2D eigenvalue weighted by Crippen LogP contribution is 2.48. The number of nitrogen functional groups attached to an aromatic ring is 1. The van der Waals surface area contributed by atoms with Gasteiger partial charge in [0.15, 0.2) is 5.82 Å². The lowest BCUT2D eigenvalue weighted by molar-refractivity contribution is -0.137. The van der Waals surface area contributed by atoms with Crippen molar-refractivity contribution in [2.24, 2.45) is 5.41 Å². The quantitative estimate of drug-likeness (QED) is 0.334. The van der Waals surface area contributed by atoms with Crippen LogP contribution in [0.15, 0.2) is 12.1 Å². The van der Waals surface area contributed by atoms with Crippen molar-refractivity contribution in [3.8, 4) is 17.1 Å². The first-order chi connectivity index (χ1) is 21.3. The van der Waals surface area contributed by atoms with Gasteiger partial charge in [-0.1, -0.05) is 11.6 Å². The fourth-order valence-electron chi connectivity index (χ4n) is 7.25. The number of ether oxygens (including phenoxy) is 2. The molecule has 9 nitrogen and oxygen atoms in total. The smallest absolute Gasteiger partial charge is 0.418 e. The number of anilines is 2. The average molecular weight is 650 g/mol. The number of nitrogens with zero attached hydrogens (tertiary/aromatic N) is 5. The minimum atomic E-state index is -4.83. The molecule has 4 fully saturated rings. The lowest BCUT2D eigenvalue weighted by atomic mass is 9.96. The molecule has 1 saturated carbocycles. The van der Waals surface area contributed by atoms with E-state index in [2.05, 4.69) is 32.0 Å². The number of halogens is 5. The molecule has 2 bridgehead atoms. The Kier molecular flexibility index (Phi) is 7.53. The fraction of sp³-hybridized carbons (Fsp3) is 0.581. The first-order valence-electron chi connectivity index (χ1n) is 15.3. The van der Waals surface area contributed by atoms with Crippen molar-refractivity contribution in [2.45, 2.75) is 57.3 Å². The number of hydrogen-bond acceptors (Lipinski definition) is 9. The molecule has 3 aliphatic heterocycles. The molecule has 3 N–H and O–H groups in total. The lowest BCUT2D eigenvalue weighted by Crippen LogP contribution is -2.58. The summed E-state index contributed by atoms with van der Waals surface area (Å²) in [5.74, 6) is -0.736. The highest BCUT2D eigenvalue weighted by molar-refractivity contribution is 6.34. The van der Waals surface area contributed by atoms with E-state index in [0.717, 1.165) is 51.4 Å². The Morgan fingerprint density at radius 1 is 1.16 bits per heavy atom. The number of benzene rings is 1. The molecule has 7 rings (SSSR count). The van der Waals surface area contributed by atoms with Gasteiger partial charge in [-0.05, 0) is 51.7 Å². The first kappa shape index (κ1) is 30.6. The van der Waals surface area contributed by atoms with E-state index in [1.807, 2.05) is 0 Å². The topological polar surface area (TPSA) is 102 Å². The molecule has 0 unspecified atom stereocenters. The Labute approximate surface area is 263 Å². The third-order valence-corrected chi connectivity index (χ3v) is 9.92. The minimum absolute atomic E-state index is 0.0181. The summed E-state index contributed by atoms with van der Waals surface area (Å²) in [6.07, 6.45) is -0.886. The van der Waals surface area contributed by atoms with Gasteiger partial charge in [0.1, 0.15) is 17.2 Å². The molecule has 2 atom stereocenters. The summed E-state index contributed by atoms with van der Waals surface area (Å²) in [4.78, 5) is 17.5. The Balaban J connectivity index is 1.33. The minimum Gasteiger partial charge on any atom is -0.463 e. The standard InChI is InChI=1S/C31H36ClF4N7O2/c1-17-24(31(34,35)36)19(12-22(37)38-17)23-21(32)11-20-26(25(23)33)39-28(40-27(20)43-13-18-3-4-29(2,14-43)41-18)45-16-30(5-6-30)15-42-7-9-44-10-8-42/h11-12,18,41H,3-10,13-16H2,1-2H3,(H2,37,38)/t18-,29+/m1/s1. The highest BCUT2D eigenvalue weighted by Gasteiger charge is 2.46. The summed E-state index contributed by atoms with van der Waals surface area (Å²) in [5.41, 5.74) is 3.06. The molecular formula is C31H36ClF4N7O2. The van der Waals surface area contributed by atoms with Gasteiger partial charge in [0.05, 0.1) is 36.1 Å². The Morgan fingerprint density at radius 2 is 1.91 bits per heavy atom. The Hall–Kier alpha value is -3.00. The molecule has 1 aromatic carbocycles. The van der Waals surface area contributed by atoms with Crippen LogP contribution >= 0.6 is 11.6 Å². The molecule has 14 heteroatoms. The van der Waals surface area contributed by atoms with Crippen LogP contribution in [-0.4, -0.2) is 84.0 Å². The maximum atomic E-state index is 16.7. The maximum Gasteiger partial charge on any atom is 0.418 e. The predicted octanol–water partition coefficient (Wildman–Crippen LogP) is 5.22. The van der Waals surface area contributed by atoms with Gasteiger partial charge in [0.25, 0.3) is 0 Å². The van der Waals surface area contributed by atoms with Crippen LogP contribution < -0.4 is 20.7 Å². The number of fused-ring (bicyclic) bond motifs is 3. The van der Waals surface area contributed by atoms with Crippen LogP contribution in [0.2, 0.25) is 5.02 Å². The van der Waals surface area contributed by atoms with Crippen molar-refractivity contribution in [1.29, 1.82) is 0 Å². The normalized spacial score (nSPS) is 24.8. The van der Waals surface area contributed by atoms with Crippen LogP contribution in [-0.2, 0) is 10.9 Å². The van der Waals surface area contributed by atoms with Crippen molar-refractivity contribution in [3.63, 3.8) is 0 Å². The van der Waals surface area contributed by atoms with Crippen molar-refractivity contribution in [1.82, 2.24) is 25.2 Å². The Bertz CT molecular complexity index is 1650. The van der Waals surface area contributed by atoms with Gasteiger partial charge in [0.2, 0.25) is 0 Å². The third kappa shape index (κ3) is 5.88. The first-order valence-corrected chi connectivity index (χ1v) is 15.7. The molecule has 3 saturated heterocycles.